The highest BCUT2D eigenvalue weighted by atomic mass is 16.5. The van der Waals surface area contributed by atoms with Crippen LogP contribution in [0.2, 0.25) is 0 Å². The lowest BCUT2D eigenvalue weighted by molar-refractivity contribution is -0.136. The topological polar surface area (TPSA) is 63.6 Å². The number of hydrogen-bond donors (Lipinski definition) is 1. The number of cyclic esters (lactones) is 1. The molecule has 0 aromatic rings. The third kappa shape index (κ3) is 4.15. The van der Waals surface area contributed by atoms with Crippen molar-refractivity contribution in [1.82, 2.24) is 0 Å². The number of ether oxygens (including phenoxy) is 1. The first kappa shape index (κ1) is 16.5. The molecular formula is C19H28O4. The molecule has 0 amide bonds. The predicted octanol–water partition coefficient (Wildman–Crippen LogP) is 4.09. The minimum Gasteiger partial charge on any atom is -0.508 e. The molecule has 2 fully saturated rings. The van der Waals surface area contributed by atoms with Crippen LogP contribution >= 0.6 is 0 Å². The van der Waals surface area contributed by atoms with E-state index < -0.39 is 0 Å². The fourth-order valence-corrected chi connectivity index (χ4v) is 4.53. The number of carbonyl (C=O) groups is 2. The third-order valence-electron chi connectivity index (χ3n) is 5.88. The number of aliphatic hydroxyl groups excluding tert-OH is 1. The molecule has 0 saturated heterocycles. The van der Waals surface area contributed by atoms with Gasteiger partial charge in [-0.15, -0.1) is 0 Å². The Bertz CT molecular complexity index is 488. The second-order valence-corrected chi connectivity index (χ2v) is 7.61. The molecule has 128 valence electrons. The average molecular weight is 320 g/mol. The monoisotopic (exact) mass is 320 g/mol. The number of rotatable bonds is 5. The highest BCUT2D eigenvalue weighted by Crippen LogP contribution is 2.37. The molecule has 2 atom stereocenters. The van der Waals surface area contributed by atoms with Gasteiger partial charge in [-0.3, -0.25) is 4.79 Å². The van der Waals surface area contributed by atoms with Gasteiger partial charge in [0.25, 0.3) is 0 Å². The second-order valence-electron chi connectivity index (χ2n) is 7.61. The Kier molecular flexibility index (Phi) is 5.39. The maximum absolute atomic E-state index is 12.6. The minimum absolute atomic E-state index is 0.0188. The molecule has 0 radical (unpaired) electrons. The molecule has 1 N–H and O–H groups in total. The summed E-state index contributed by atoms with van der Waals surface area (Å²) < 4.78 is 4.86. The van der Waals surface area contributed by atoms with Gasteiger partial charge in [0.2, 0.25) is 0 Å². The average Bonchev–Trinajstić information content (AvgIpc) is 2.88. The Hall–Kier alpha value is -1.32. The zero-order valence-electron chi connectivity index (χ0n) is 13.9. The highest BCUT2D eigenvalue weighted by Gasteiger charge is 2.32. The molecule has 0 spiro atoms. The van der Waals surface area contributed by atoms with Crippen molar-refractivity contribution >= 4 is 11.8 Å². The lowest BCUT2D eigenvalue weighted by Gasteiger charge is -2.30. The fraction of sp³-hybridized carbons (Fsp3) is 0.789. The van der Waals surface area contributed by atoms with Gasteiger partial charge in [-0.1, -0.05) is 44.9 Å². The van der Waals surface area contributed by atoms with E-state index in [0.717, 1.165) is 32.1 Å². The first-order valence-corrected chi connectivity index (χ1v) is 9.24. The summed E-state index contributed by atoms with van der Waals surface area (Å²) in [6.45, 7) is 0.0188. The van der Waals surface area contributed by atoms with Crippen molar-refractivity contribution in [3.63, 3.8) is 0 Å². The molecule has 3 rings (SSSR count). The Balaban J connectivity index is 1.52. The maximum atomic E-state index is 12.6. The molecule has 0 bridgehead atoms. The zero-order valence-corrected chi connectivity index (χ0v) is 13.9. The molecule has 2 saturated carbocycles. The third-order valence-corrected chi connectivity index (χ3v) is 5.88. The summed E-state index contributed by atoms with van der Waals surface area (Å²) >= 11 is 0. The second kappa shape index (κ2) is 7.50. The molecule has 2 unspecified atom stereocenters. The van der Waals surface area contributed by atoms with Crippen LogP contribution in [-0.2, 0) is 14.3 Å². The SMILES string of the molecule is O=C1OCC(O)=C1CC1CCCC(C(=O)CC2CCCCC2)C1. The number of carbonyl (C=O) groups excluding carboxylic acids is 2. The van der Waals surface area contributed by atoms with Gasteiger partial charge in [-0.2, -0.15) is 0 Å². The van der Waals surface area contributed by atoms with Crippen LogP contribution in [-0.4, -0.2) is 23.5 Å². The molecule has 2 aliphatic carbocycles. The summed E-state index contributed by atoms with van der Waals surface area (Å²) in [5.74, 6) is 1.24. The summed E-state index contributed by atoms with van der Waals surface area (Å²) in [7, 11) is 0. The van der Waals surface area contributed by atoms with E-state index in [9.17, 15) is 14.7 Å². The van der Waals surface area contributed by atoms with E-state index >= 15 is 0 Å². The van der Waals surface area contributed by atoms with Crippen LogP contribution in [0.3, 0.4) is 0 Å². The van der Waals surface area contributed by atoms with Gasteiger partial charge in [0.15, 0.2) is 0 Å². The normalized spacial score (nSPS) is 29.7. The van der Waals surface area contributed by atoms with E-state index in [1.54, 1.807) is 0 Å². The lowest BCUT2D eigenvalue weighted by atomic mass is 9.74. The van der Waals surface area contributed by atoms with Crippen LogP contribution in [0.4, 0.5) is 0 Å². The van der Waals surface area contributed by atoms with Crippen molar-refractivity contribution in [2.75, 3.05) is 6.61 Å². The van der Waals surface area contributed by atoms with E-state index in [0.29, 0.717) is 29.6 Å². The first-order chi connectivity index (χ1) is 11.1. The van der Waals surface area contributed by atoms with E-state index in [4.69, 9.17) is 4.74 Å². The Labute approximate surface area is 138 Å². The quantitative estimate of drug-likeness (QED) is 0.775. The Morgan fingerprint density at radius 1 is 1.04 bits per heavy atom. The van der Waals surface area contributed by atoms with Crippen LogP contribution in [0.5, 0.6) is 0 Å². The van der Waals surface area contributed by atoms with Crippen molar-refractivity contribution < 1.29 is 19.4 Å². The molecule has 1 heterocycles. The van der Waals surface area contributed by atoms with Gasteiger partial charge in [-0.25, -0.2) is 4.79 Å². The van der Waals surface area contributed by atoms with E-state index in [2.05, 4.69) is 0 Å². The van der Waals surface area contributed by atoms with Crippen molar-refractivity contribution in [3.05, 3.63) is 11.3 Å². The summed E-state index contributed by atoms with van der Waals surface area (Å²) in [5.41, 5.74) is 0.440. The van der Waals surface area contributed by atoms with Crippen LogP contribution in [0, 0.1) is 17.8 Å². The van der Waals surface area contributed by atoms with E-state index in [-0.39, 0.29) is 24.3 Å². The summed E-state index contributed by atoms with van der Waals surface area (Å²) in [6, 6.07) is 0. The smallest absolute Gasteiger partial charge is 0.338 e. The van der Waals surface area contributed by atoms with Gasteiger partial charge < -0.3 is 9.84 Å². The van der Waals surface area contributed by atoms with Crippen LogP contribution < -0.4 is 0 Å². The van der Waals surface area contributed by atoms with Gasteiger partial charge in [0.05, 0.1) is 5.57 Å². The fourth-order valence-electron chi connectivity index (χ4n) is 4.53. The van der Waals surface area contributed by atoms with Gasteiger partial charge in [0.1, 0.15) is 18.1 Å². The van der Waals surface area contributed by atoms with Crippen molar-refractivity contribution in [1.29, 1.82) is 0 Å². The highest BCUT2D eigenvalue weighted by molar-refractivity contribution is 5.91. The molecular weight excluding hydrogens is 292 g/mol. The largest absolute Gasteiger partial charge is 0.508 e. The molecule has 3 aliphatic rings. The number of esters is 1. The Morgan fingerprint density at radius 3 is 2.48 bits per heavy atom. The molecule has 4 nitrogen and oxygen atoms in total. The summed E-state index contributed by atoms with van der Waals surface area (Å²) in [4.78, 5) is 24.3. The number of aliphatic hydroxyl groups is 1. The Morgan fingerprint density at radius 2 is 1.78 bits per heavy atom. The van der Waals surface area contributed by atoms with Gasteiger partial charge in [0, 0.05) is 12.3 Å². The first-order valence-electron chi connectivity index (χ1n) is 9.24. The predicted molar refractivity (Wildman–Crippen MR) is 86.9 cm³/mol. The maximum Gasteiger partial charge on any atom is 0.338 e. The van der Waals surface area contributed by atoms with Crippen LogP contribution in [0.1, 0.15) is 70.6 Å². The van der Waals surface area contributed by atoms with Gasteiger partial charge >= 0.3 is 5.97 Å². The number of Topliss-reactive ketones (excluding diaryl/α,β-unsaturated/α-hetero) is 1. The summed E-state index contributed by atoms with van der Waals surface area (Å²) in [6.07, 6.45) is 11.6. The standard InChI is InChI=1S/C19H28O4/c20-17(11-13-5-2-1-3-6-13)15-8-4-7-14(9-15)10-16-18(21)12-23-19(16)22/h13-15,21H,1-12H2. The van der Waals surface area contributed by atoms with Crippen molar-refractivity contribution in [2.24, 2.45) is 17.8 Å². The molecule has 0 aromatic carbocycles. The molecule has 0 aromatic heterocycles. The van der Waals surface area contributed by atoms with E-state index in [1.807, 2.05) is 0 Å². The zero-order chi connectivity index (χ0) is 16.2. The van der Waals surface area contributed by atoms with Crippen LogP contribution in [0.25, 0.3) is 0 Å². The van der Waals surface area contributed by atoms with Crippen molar-refractivity contribution in [3.8, 4) is 0 Å². The molecule has 4 heteroatoms. The number of hydrogen-bond acceptors (Lipinski definition) is 4. The van der Waals surface area contributed by atoms with E-state index in [1.165, 1.54) is 32.1 Å². The number of ketones is 1. The van der Waals surface area contributed by atoms with Gasteiger partial charge in [-0.05, 0) is 31.1 Å². The molecule has 23 heavy (non-hydrogen) atoms. The summed E-state index contributed by atoms with van der Waals surface area (Å²) in [5, 5.41) is 9.75. The minimum atomic E-state index is -0.377. The lowest BCUT2D eigenvalue weighted by Crippen LogP contribution is -2.26. The van der Waals surface area contributed by atoms with Crippen LogP contribution in [0.15, 0.2) is 11.3 Å². The molecule has 1 aliphatic heterocycles. The van der Waals surface area contributed by atoms with Crippen molar-refractivity contribution in [2.45, 2.75) is 70.6 Å².